The first-order valence-corrected chi connectivity index (χ1v) is 9.77. The Balaban J connectivity index is 1.34. The van der Waals surface area contributed by atoms with Gasteiger partial charge in [-0.05, 0) is 17.7 Å². The van der Waals surface area contributed by atoms with Gasteiger partial charge >= 0.3 is 0 Å². The van der Waals surface area contributed by atoms with E-state index < -0.39 is 55.3 Å². The molecule has 8 atom stereocenters. The first-order valence-electron chi connectivity index (χ1n) is 9.77. The Morgan fingerprint density at radius 1 is 0.968 bits per heavy atom. The van der Waals surface area contributed by atoms with E-state index in [9.17, 15) is 30.6 Å². The molecule has 0 amide bonds. The molecule has 2 saturated heterocycles. The Hall–Kier alpha value is -1.58. The molecule has 3 aliphatic rings. The molecule has 0 unspecified atom stereocenters. The molecule has 0 radical (unpaired) electrons. The topological polar surface area (TPSA) is 177 Å². The molecule has 2 fully saturated rings. The van der Waals surface area contributed by atoms with Gasteiger partial charge in [0.15, 0.2) is 24.1 Å². The minimum atomic E-state index is -1.86. The predicted molar refractivity (Wildman–Crippen MR) is 97.8 cm³/mol. The van der Waals surface area contributed by atoms with Crippen molar-refractivity contribution in [2.24, 2.45) is 0 Å². The lowest BCUT2D eigenvalue weighted by Gasteiger charge is -2.40. The second-order valence-corrected chi connectivity index (χ2v) is 7.73. The van der Waals surface area contributed by atoms with Gasteiger partial charge in [0.2, 0.25) is 6.79 Å². The first kappa shape index (κ1) is 22.6. The van der Waals surface area contributed by atoms with Crippen LogP contribution in [0.25, 0.3) is 0 Å². The number of fused-ring (bicyclic) bond motifs is 1. The highest BCUT2D eigenvalue weighted by atomic mass is 16.7. The van der Waals surface area contributed by atoms with Gasteiger partial charge in [-0.2, -0.15) is 0 Å². The molecule has 6 N–H and O–H groups in total. The van der Waals surface area contributed by atoms with E-state index in [1.165, 1.54) is 0 Å². The Kier molecular flexibility index (Phi) is 6.65. The quantitative estimate of drug-likeness (QED) is 0.254. The van der Waals surface area contributed by atoms with Crippen LogP contribution in [0.5, 0.6) is 11.5 Å². The number of hydrogen-bond acceptors (Lipinski definition) is 12. The van der Waals surface area contributed by atoms with E-state index >= 15 is 0 Å². The second kappa shape index (κ2) is 9.11. The first-order chi connectivity index (χ1) is 14.8. The third kappa shape index (κ3) is 4.50. The molecular formula is C19H26O12. The van der Waals surface area contributed by atoms with Crippen molar-refractivity contribution in [2.75, 3.05) is 26.6 Å². The molecule has 31 heavy (non-hydrogen) atoms. The second-order valence-electron chi connectivity index (χ2n) is 7.73. The molecule has 0 aliphatic carbocycles. The van der Waals surface area contributed by atoms with Crippen LogP contribution in [0.2, 0.25) is 0 Å². The summed E-state index contributed by atoms with van der Waals surface area (Å²) in [6.45, 7) is -1.27. The Bertz CT molecular complexity index is 761. The lowest BCUT2D eigenvalue weighted by Crippen LogP contribution is -2.59. The van der Waals surface area contributed by atoms with Gasteiger partial charge in [-0.3, -0.25) is 0 Å². The van der Waals surface area contributed by atoms with E-state index in [1.54, 1.807) is 18.2 Å². The van der Waals surface area contributed by atoms with Crippen LogP contribution in [-0.4, -0.2) is 106 Å². The standard InChI is InChI=1S/C19H26O12/c20-6-19(25)7-28-18(16(19)24)27-5-12-13(21)14(22)15(23)17(31-12)26-4-9-1-2-10-11(3-9)30-8-29-10/h1-3,12-18,20-25H,4-8H2/t12-,13-,14+,15-,16+,17-,18-,19-/m1/s1. The van der Waals surface area contributed by atoms with Gasteiger partial charge in [-0.25, -0.2) is 0 Å². The smallest absolute Gasteiger partial charge is 0.231 e. The minimum absolute atomic E-state index is 0.0166. The molecule has 4 rings (SSSR count). The Morgan fingerprint density at radius 2 is 1.74 bits per heavy atom. The number of hydrogen-bond donors (Lipinski definition) is 6. The molecule has 1 aromatic carbocycles. The van der Waals surface area contributed by atoms with Gasteiger partial charge in [0.25, 0.3) is 0 Å². The fourth-order valence-electron chi connectivity index (χ4n) is 3.53. The number of ether oxygens (including phenoxy) is 6. The maximum absolute atomic E-state index is 10.2. The zero-order valence-electron chi connectivity index (χ0n) is 16.4. The van der Waals surface area contributed by atoms with Crippen molar-refractivity contribution in [2.45, 2.75) is 55.3 Å². The highest BCUT2D eigenvalue weighted by Gasteiger charge is 2.50. The van der Waals surface area contributed by atoms with Crippen molar-refractivity contribution in [3.8, 4) is 11.5 Å². The van der Waals surface area contributed by atoms with Crippen LogP contribution < -0.4 is 9.47 Å². The molecule has 0 aromatic heterocycles. The van der Waals surface area contributed by atoms with E-state index in [-0.39, 0.29) is 26.6 Å². The fourth-order valence-corrected chi connectivity index (χ4v) is 3.53. The summed E-state index contributed by atoms with van der Waals surface area (Å²) < 4.78 is 32.2. The summed E-state index contributed by atoms with van der Waals surface area (Å²) in [7, 11) is 0. The molecule has 0 bridgehead atoms. The Labute approximate surface area is 177 Å². The molecular weight excluding hydrogens is 420 g/mol. The van der Waals surface area contributed by atoms with E-state index in [4.69, 9.17) is 28.4 Å². The predicted octanol–water partition coefficient (Wildman–Crippen LogP) is -2.80. The van der Waals surface area contributed by atoms with Crippen molar-refractivity contribution in [3.05, 3.63) is 23.8 Å². The van der Waals surface area contributed by atoms with Crippen molar-refractivity contribution in [3.63, 3.8) is 0 Å². The number of benzene rings is 1. The summed E-state index contributed by atoms with van der Waals surface area (Å²) in [6.07, 6.45) is -9.80. The van der Waals surface area contributed by atoms with Crippen LogP contribution in [0.3, 0.4) is 0 Å². The van der Waals surface area contributed by atoms with Crippen LogP contribution in [0.4, 0.5) is 0 Å². The number of rotatable bonds is 7. The summed E-state index contributed by atoms with van der Waals surface area (Å²) in [5, 5.41) is 59.8. The highest BCUT2D eigenvalue weighted by molar-refractivity contribution is 5.44. The van der Waals surface area contributed by atoms with Crippen molar-refractivity contribution in [1.29, 1.82) is 0 Å². The molecule has 0 saturated carbocycles. The average molecular weight is 446 g/mol. The summed E-state index contributed by atoms with van der Waals surface area (Å²) in [5.74, 6) is 1.17. The summed E-state index contributed by atoms with van der Waals surface area (Å²) >= 11 is 0. The highest BCUT2D eigenvalue weighted by Crippen LogP contribution is 2.33. The van der Waals surface area contributed by atoms with Gasteiger partial charge in [-0.15, -0.1) is 0 Å². The maximum Gasteiger partial charge on any atom is 0.231 e. The van der Waals surface area contributed by atoms with Gasteiger partial charge in [0, 0.05) is 0 Å². The summed E-state index contributed by atoms with van der Waals surface area (Å²) in [5.41, 5.74) is -1.15. The van der Waals surface area contributed by atoms with Crippen LogP contribution in [0.15, 0.2) is 18.2 Å². The van der Waals surface area contributed by atoms with E-state index in [1.807, 2.05) is 0 Å². The molecule has 1 aromatic rings. The van der Waals surface area contributed by atoms with E-state index in [0.717, 1.165) is 0 Å². The van der Waals surface area contributed by atoms with Gasteiger partial charge in [0.05, 0.1) is 26.4 Å². The molecule has 3 aliphatic heterocycles. The van der Waals surface area contributed by atoms with Crippen molar-refractivity contribution in [1.82, 2.24) is 0 Å². The SMILES string of the molecule is OC[C@@]1(O)CO[C@@H](OC[C@H]2O[C@@H](OCc3ccc4c(c3)OCO4)[C@H](O)[C@@H](O)[C@@H]2O)[C@@H]1O. The van der Waals surface area contributed by atoms with Crippen LogP contribution in [-0.2, 0) is 25.6 Å². The lowest BCUT2D eigenvalue weighted by atomic mass is 9.99. The molecule has 12 heteroatoms. The fraction of sp³-hybridized carbons (Fsp3) is 0.684. The molecule has 174 valence electrons. The monoisotopic (exact) mass is 446 g/mol. The van der Waals surface area contributed by atoms with Gasteiger partial charge < -0.3 is 59.1 Å². The van der Waals surface area contributed by atoms with E-state index in [0.29, 0.717) is 17.1 Å². The van der Waals surface area contributed by atoms with Crippen molar-refractivity contribution >= 4 is 0 Å². The van der Waals surface area contributed by atoms with Crippen LogP contribution >= 0.6 is 0 Å². The van der Waals surface area contributed by atoms with Crippen LogP contribution in [0.1, 0.15) is 5.56 Å². The normalized spacial score (nSPS) is 39.7. The van der Waals surface area contributed by atoms with Gasteiger partial charge in [-0.1, -0.05) is 6.07 Å². The zero-order valence-corrected chi connectivity index (χ0v) is 16.4. The molecule has 3 heterocycles. The summed E-state index contributed by atoms with van der Waals surface area (Å²) in [4.78, 5) is 0. The lowest BCUT2D eigenvalue weighted by molar-refractivity contribution is -0.312. The number of aliphatic hydroxyl groups excluding tert-OH is 5. The molecule has 12 nitrogen and oxygen atoms in total. The average Bonchev–Trinajstić information content (AvgIpc) is 3.35. The van der Waals surface area contributed by atoms with Gasteiger partial charge in [0.1, 0.15) is 36.1 Å². The molecule has 0 spiro atoms. The zero-order chi connectivity index (χ0) is 22.2. The largest absolute Gasteiger partial charge is 0.454 e. The maximum atomic E-state index is 10.2. The minimum Gasteiger partial charge on any atom is -0.454 e. The third-order valence-electron chi connectivity index (χ3n) is 5.52. The van der Waals surface area contributed by atoms with E-state index in [2.05, 4.69) is 0 Å². The number of aliphatic hydroxyl groups is 6. The van der Waals surface area contributed by atoms with Crippen molar-refractivity contribution < 1.29 is 59.1 Å². The third-order valence-corrected chi connectivity index (χ3v) is 5.52. The van der Waals surface area contributed by atoms with Crippen LogP contribution in [0, 0.1) is 0 Å². The summed E-state index contributed by atoms with van der Waals surface area (Å²) in [6, 6.07) is 5.18. The Morgan fingerprint density at radius 3 is 2.48 bits per heavy atom.